The fourth-order valence-corrected chi connectivity index (χ4v) is 3.70. The zero-order valence-electron chi connectivity index (χ0n) is 17.8. The van der Waals surface area contributed by atoms with Crippen LogP contribution in [0.25, 0.3) is 0 Å². The molecule has 0 heterocycles. The minimum Gasteiger partial charge on any atom is -0.407 e. The number of carbonyl (C=O) groups excluding carboxylic acids is 1. The van der Waals surface area contributed by atoms with Crippen molar-refractivity contribution in [3.05, 3.63) is 29.8 Å². The predicted octanol–water partition coefficient (Wildman–Crippen LogP) is 4.85. The first-order valence-electron chi connectivity index (χ1n) is 10.6. The summed E-state index contributed by atoms with van der Waals surface area (Å²) in [6.07, 6.45) is 6.41. The number of rotatable bonds is 10. The Hall–Kier alpha value is -1.73. The van der Waals surface area contributed by atoms with E-state index in [2.05, 4.69) is 18.9 Å². The maximum atomic E-state index is 13.7. The van der Waals surface area contributed by atoms with Gasteiger partial charge in [0.2, 0.25) is 0 Å². The molecule has 0 N–H and O–H groups in total. The van der Waals surface area contributed by atoms with Crippen LogP contribution in [-0.2, 0) is 4.74 Å². The summed E-state index contributed by atoms with van der Waals surface area (Å²) in [6, 6.07) is 2.93. The van der Waals surface area contributed by atoms with Crippen molar-refractivity contribution in [2.45, 2.75) is 64.0 Å². The molecule has 0 saturated heterocycles. The van der Waals surface area contributed by atoms with Crippen molar-refractivity contribution in [2.24, 2.45) is 0 Å². The zero-order valence-corrected chi connectivity index (χ0v) is 17.8. The first kappa shape index (κ1) is 23.5. The summed E-state index contributed by atoms with van der Waals surface area (Å²) >= 11 is 0. The molecule has 0 aliphatic heterocycles. The van der Waals surface area contributed by atoms with Gasteiger partial charge in [0.15, 0.2) is 11.6 Å². The van der Waals surface area contributed by atoms with Gasteiger partial charge in [-0.2, -0.15) is 0 Å². The second-order valence-corrected chi connectivity index (χ2v) is 7.87. The molecule has 164 valence electrons. The van der Waals surface area contributed by atoms with E-state index >= 15 is 0 Å². The summed E-state index contributed by atoms with van der Waals surface area (Å²) in [6.45, 7) is 5.20. The van der Waals surface area contributed by atoms with E-state index in [4.69, 9.17) is 9.47 Å². The molecule has 0 atom stereocenters. The number of ether oxygens (including phenoxy) is 2. The van der Waals surface area contributed by atoms with Crippen molar-refractivity contribution in [1.82, 2.24) is 9.80 Å². The Labute approximate surface area is 173 Å². The van der Waals surface area contributed by atoms with Gasteiger partial charge in [0.25, 0.3) is 0 Å². The maximum Gasteiger partial charge on any atom is 0.415 e. The number of hydrogen-bond acceptors (Lipinski definition) is 4. The van der Waals surface area contributed by atoms with Gasteiger partial charge in [-0.25, -0.2) is 13.6 Å². The lowest BCUT2D eigenvalue weighted by atomic mass is 9.92. The standard InChI is InChI=1S/C22H34F2N2O3/c1-4-13-25(2)14-5-6-15-28-19-10-8-18(9-11-19)26(3)22(27)29-21-12-7-17(23)16-20(21)24/h7,12,16,18-19H,4-6,8-11,13-15H2,1-3H3/t18-,19-. The lowest BCUT2D eigenvalue weighted by molar-refractivity contribution is 0.0100. The average Bonchev–Trinajstić information content (AvgIpc) is 2.70. The van der Waals surface area contributed by atoms with Crippen molar-refractivity contribution in [3.8, 4) is 5.75 Å². The molecule has 1 aromatic carbocycles. The van der Waals surface area contributed by atoms with Crippen LogP contribution in [0.2, 0.25) is 0 Å². The van der Waals surface area contributed by atoms with Gasteiger partial charge < -0.3 is 19.3 Å². The van der Waals surface area contributed by atoms with E-state index in [0.717, 1.165) is 70.4 Å². The molecule has 29 heavy (non-hydrogen) atoms. The summed E-state index contributed by atoms with van der Waals surface area (Å²) < 4.78 is 37.7. The Balaban J connectivity index is 1.65. The average molecular weight is 413 g/mol. The number of unbranched alkanes of at least 4 members (excludes halogenated alkanes) is 1. The molecule has 0 spiro atoms. The van der Waals surface area contributed by atoms with Crippen molar-refractivity contribution in [3.63, 3.8) is 0 Å². The largest absolute Gasteiger partial charge is 0.415 e. The van der Waals surface area contributed by atoms with Crippen molar-refractivity contribution >= 4 is 6.09 Å². The molecule has 0 bridgehead atoms. The van der Waals surface area contributed by atoms with E-state index in [0.29, 0.717) is 6.07 Å². The molecule has 1 fully saturated rings. The van der Waals surface area contributed by atoms with Gasteiger partial charge >= 0.3 is 6.09 Å². The minimum absolute atomic E-state index is 0.0357. The molecule has 1 aliphatic rings. The highest BCUT2D eigenvalue weighted by atomic mass is 19.1. The van der Waals surface area contributed by atoms with Gasteiger partial charge in [0, 0.05) is 25.8 Å². The highest BCUT2D eigenvalue weighted by molar-refractivity contribution is 5.70. The Morgan fingerprint density at radius 3 is 2.48 bits per heavy atom. The van der Waals surface area contributed by atoms with E-state index in [9.17, 15) is 13.6 Å². The Kier molecular flexibility index (Phi) is 9.81. The Morgan fingerprint density at radius 2 is 1.83 bits per heavy atom. The maximum absolute atomic E-state index is 13.7. The molecular weight excluding hydrogens is 378 g/mol. The SMILES string of the molecule is CCCN(C)CCCCO[C@H]1CC[C@H](N(C)C(=O)Oc2ccc(F)cc2F)CC1. The summed E-state index contributed by atoms with van der Waals surface area (Å²) in [5.41, 5.74) is 0. The topological polar surface area (TPSA) is 42.0 Å². The number of benzene rings is 1. The van der Waals surface area contributed by atoms with Gasteiger partial charge in [0.05, 0.1) is 6.10 Å². The third kappa shape index (κ3) is 7.90. The number of amides is 1. The molecule has 1 aliphatic carbocycles. The molecular formula is C22H34F2N2O3. The summed E-state index contributed by atoms with van der Waals surface area (Å²) in [5.74, 6) is -1.85. The second-order valence-electron chi connectivity index (χ2n) is 7.87. The van der Waals surface area contributed by atoms with Gasteiger partial charge in [-0.3, -0.25) is 0 Å². The van der Waals surface area contributed by atoms with Crippen LogP contribution < -0.4 is 4.74 Å². The van der Waals surface area contributed by atoms with E-state index in [1.54, 1.807) is 7.05 Å². The fourth-order valence-electron chi connectivity index (χ4n) is 3.70. The van der Waals surface area contributed by atoms with Crippen LogP contribution in [0.5, 0.6) is 5.75 Å². The van der Waals surface area contributed by atoms with Gasteiger partial charge in [-0.15, -0.1) is 0 Å². The molecule has 2 rings (SSSR count). The van der Waals surface area contributed by atoms with Crippen molar-refractivity contribution in [2.75, 3.05) is 33.8 Å². The third-order valence-corrected chi connectivity index (χ3v) is 5.46. The molecule has 1 amide bonds. The molecule has 0 unspecified atom stereocenters. The summed E-state index contributed by atoms with van der Waals surface area (Å²) in [7, 11) is 3.81. The van der Waals surface area contributed by atoms with E-state index in [-0.39, 0.29) is 17.9 Å². The molecule has 0 radical (unpaired) electrons. The number of hydrogen-bond donors (Lipinski definition) is 0. The van der Waals surface area contributed by atoms with Gasteiger partial charge in [0.1, 0.15) is 5.82 Å². The first-order valence-corrected chi connectivity index (χ1v) is 10.6. The van der Waals surface area contributed by atoms with Crippen LogP contribution in [0.1, 0.15) is 51.9 Å². The molecule has 5 nitrogen and oxygen atoms in total. The van der Waals surface area contributed by atoms with E-state index in [1.165, 1.54) is 11.3 Å². The van der Waals surface area contributed by atoms with Gasteiger partial charge in [-0.1, -0.05) is 6.92 Å². The van der Waals surface area contributed by atoms with Crippen LogP contribution in [-0.4, -0.2) is 61.8 Å². The Morgan fingerprint density at radius 1 is 1.10 bits per heavy atom. The molecule has 7 heteroatoms. The highest BCUT2D eigenvalue weighted by Crippen LogP contribution is 2.26. The monoisotopic (exact) mass is 412 g/mol. The third-order valence-electron chi connectivity index (χ3n) is 5.46. The quantitative estimate of drug-likeness (QED) is 0.516. The van der Waals surface area contributed by atoms with Crippen LogP contribution in [0.4, 0.5) is 13.6 Å². The van der Waals surface area contributed by atoms with Crippen LogP contribution in [0.15, 0.2) is 18.2 Å². The lowest BCUT2D eigenvalue weighted by Gasteiger charge is -2.34. The zero-order chi connectivity index (χ0) is 21.2. The normalized spacial score (nSPS) is 19.4. The fraction of sp³-hybridized carbons (Fsp3) is 0.682. The highest BCUT2D eigenvalue weighted by Gasteiger charge is 2.28. The predicted molar refractivity (Wildman–Crippen MR) is 109 cm³/mol. The van der Waals surface area contributed by atoms with E-state index in [1.807, 2.05) is 0 Å². The van der Waals surface area contributed by atoms with Crippen molar-refractivity contribution < 1.29 is 23.0 Å². The number of nitrogens with zero attached hydrogens (tertiary/aromatic N) is 2. The summed E-state index contributed by atoms with van der Waals surface area (Å²) in [4.78, 5) is 16.1. The second kappa shape index (κ2) is 12.1. The lowest BCUT2D eigenvalue weighted by Crippen LogP contribution is -2.42. The number of carbonyl (C=O) groups is 1. The number of halogens is 2. The first-order chi connectivity index (χ1) is 13.9. The minimum atomic E-state index is -0.884. The van der Waals surface area contributed by atoms with Crippen LogP contribution >= 0.6 is 0 Å². The van der Waals surface area contributed by atoms with Crippen LogP contribution in [0, 0.1) is 11.6 Å². The van der Waals surface area contributed by atoms with Crippen LogP contribution in [0.3, 0.4) is 0 Å². The summed E-state index contributed by atoms with van der Waals surface area (Å²) in [5, 5.41) is 0. The van der Waals surface area contributed by atoms with E-state index < -0.39 is 17.7 Å². The molecule has 1 aromatic rings. The Bertz CT molecular complexity index is 636. The molecule has 1 saturated carbocycles. The van der Waals surface area contributed by atoms with Gasteiger partial charge in [-0.05, 0) is 77.2 Å². The smallest absolute Gasteiger partial charge is 0.407 e. The molecule has 0 aromatic heterocycles. The van der Waals surface area contributed by atoms with Crippen molar-refractivity contribution in [1.29, 1.82) is 0 Å².